The Morgan fingerprint density at radius 3 is 2.35 bits per heavy atom. The zero-order chi connectivity index (χ0) is 45.0. The number of pyridine rings is 1. The number of aryl methyl sites for hydroxylation is 1. The first kappa shape index (κ1) is 41.9. The Labute approximate surface area is 354 Å². The van der Waals surface area contributed by atoms with Gasteiger partial charge < -0.3 is 5.32 Å². The van der Waals surface area contributed by atoms with Crippen molar-refractivity contribution >= 4 is 55.3 Å². The first-order valence-electron chi connectivity index (χ1n) is 18.7. The van der Waals surface area contributed by atoms with E-state index >= 15 is 17.6 Å². The zero-order valence-electron chi connectivity index (χ0n) is 32.3. The molecule has 2 aliphatic rings. The normalized spacial score (nSPS) is 17.0. The highest BCUT2D eigenvalue weighted by atomic mass is 35.5. The fourth-order valence-corrected chi connectivity index (χ4v) is 9.08. The van der Waals surface area contributed by atoms with Crippen LogP contribution in [0.3, 0.4) is 0 Å². The Kier molecular flexibility index (Phi) is 9.88. The molecule has 1 saturated carbocycles. The summed E-state index contributed by atoms with van der Waals surface area (Å²) in [6, 6.07) is 8.65. The summed E-state index contributed by atoms with van der Waals surface area (Å²) in [5.41, 5.74) is -4.65. The maximum Gasteiger partial charge on any atom is 0.293 e. The minimum Gasteiger partial charge on any atom is -0.344 e. The van der Waals surface area contributed by atoms with E-state index in [0.717, 1.165) is 47.2 Å². The van der Waals surface area contributed by atoms with Gasteiger partial charge in [-0.25, -0.2) is 44.7 Å². The fourth-order valence-electron chi connectivity index (χ4n) is 8.34. The molecule has 2 N–H and O–H groups in total. The van der Waals surface area contributed by atoms with Gasteiger partial charge in [0.05, 0.1) is 50.6 Å². The number of nitrogens with one attached hydrogen (secondary N) is 2. The van der Waals surface area contributed by atoms with Crippen LogP contribution in [-0.4, -0.2) is 54.7 Å². The summed E-state index contributed by atoms with van der Waals surface area (Å²) < 4.78 is 148. The lowest BCUT2D eigenvalue weighted by Crippen LogP contribution is -2.38. The van der Waals surface area contributed by atoms with E-state index in [0.29, 0.717) is 10.7 Å². The molecular formula is C40H28ClF8N9O4S. The molecule has 13 nitrogen and oxygen atoms in total. The van der Waals surface area contributed by atoms with Gasteiger partial charge in [0.25, 0.3) is 17.9 Å². The summed E-state index contributed by atoms with van der Waals surface area (Å²) in [6.07, 6.45) is -3.04. The molecule has 2 aliphatic carbocycles. The van der Waals surface area contributed by atoms with E-state index < -0.39 is 116 Å². The van der Waals surface area contributed by atoms with Crippen molar-refractivity contribution in [2.24, 2.45) is 13.0 Å². The van der Waals surface area contributed by atoms with Crippen molar-refractivity contribution in [3.63, 3.8) is 0 Å². The number of carbonyl (C=O) groups is 1. The molecular weight excluding hydrogens is 890 g/mol. The maximum absolute atomic E-state index is 15.5. The number of rotatable bonds is 11. The van der Waals surface area contributed by atoms with Crippen molar-refractivity contribution in [3.8, 4) is 16.9 Å². The van der Waals surface area contributed by atoms with Crippen LogP contribution in [0, 0.1) is 29.2 Å². The topological polar surface area (TPSA) is 159 Å². The predicted octanol–water partition coefficient (Wildman–Crippen LogP) is 7.36. The average Bonchev–Trinajstić information content (AvgIpc) is 3.73. The number of halogens is 9. The van der Waals surface area contributed by atoms with E-state index in [9.17, 15) is 35.6 Å². The van der Waals surface area contributed by atoms with Crippen LogP contribution in [0.25, 0.3) is 38.9 Å². The SMILES string of the molecule is Cn1nc(NS(C)(=O)=O)c2c(Cl)ccc(-n3c([C@H](Cc4cc(F)cc(F)c4)NC(=O)Cn4nc(C(F)F)c5c4C(F)(F)[C@@H]4C[C@H]54)nc4nc(-c5c(F)cccc5F)ccc4c3=O)c21. The molecule has 9 rings (SSSR count). The van der Waals surface area contributed by atoms with Gasteiger partial charge in [-0.1, -0.05) is 17.7 Å². The lowest BCUT2D eigenvalue weighted by molar-refractivity contribution is -0.123. The third-order valence-electron chi connectivity index (χ3n) is 10.9. The quantitative estimate of drug-likeness (QED) is 0.128. The summed E-state index contributed by atoms with van der Waals surface area (Å²) in [7, 11) is -2.58. The first-order chi connectivity index (χ1) is 29.7. The number of hydrogen-bond donors (Lipinski definition) is 2. The van der Waals surface area contributed by atoms with Crippen LogP contribution < -0.4 is 15.6 Å². The molecule has 1 amide bonds. The van der Waals surface area contributed by atoms with Gasteiger partial charge in [0.15, 0.2) is 11.5 Å². The van der Waals surface area contributed by atoms with E-state index in [1.807, 2.05) is 0 Å². The van der Waals surface area contributed by atoms with Crippen molar-refractivity contribution in [2.45, 2.75) is 43.7 Å². The number of alkyl halides is 4. The lowest BCUT2D eigenvalue weighted by Gasteiger charge is -2.24. The number of anilines is 1. The molecule has 0 spiro atoms. The molecule has 3 aromatic carbocycles. The minimum absolute atomic E-state index is 0.00506. The monoisotopic (exact) mass is 917 g/mol. The second-order valence-electron chi connectivity index (χ2n) is 15.2. The predicted molar refractivity (Wildman–Crippen MR) is 211 cm³/mol. The van der Waals surface area contributed by atoms with Gasteiger partial charge in [0, 0.05) is 31.0 Å². The first-order valence-corrected chi connectivity index (χ1v) is 21.0. The Morgan fingerprint density at radius 1 is 0.984 bits per heavy atom. The Balaban J connectivity index is 1.27. The van der Waals surface area contributed by atoms with Gasteiger partial charge in [-0.05, 0) is 66.4 Å². The molecule has 7 aromatic rings. The van der Waals surface area contributed by atoms with Crippen LogP contribution in [0.15, 0.2) is 65.5 Å². The van der Waals surface area contributed by atoms with E-state index in [1.165, 1.54) is 29.9 Å². The molecule has 3 atom stereocenters. The third-order valence-corrected chi connectivity index (χ3v) is 11.8. The summed E-state index contributed by atoms with van der Waals surface area (Å²) in [5, 5.41) is 10.1. The van der Waals surface area contributed by atoms with Crippen LogP contribution in [0.1, 0.15) is 53.1 Å². The highest BCUT2D eigenvalue weighted by Gasteiger charge is 2.67. The summed E-state index contributed by atoms with van der Waals surface area (Å²) in [5.74, 6) is -11.8. The van der Waals surface area contributed by atoms with Crippen molar-refractivity contribution in [1.82, 2.24) is 39.4 Å². The van der Waals surface area contributed by atoms with E-state index in [4.69, 9.17) is 11.6 Å². The molecule has 0 unspecified atom stereocenters. The van der Waals surface area contributed by atoms with Gasteiger partial charge in [0.1, 0.15) is 47.0 Å². The van der Waals surface area contributed by atoms with Crippen molar-refractivity contribution < 1.29 is 48.3 Å². The van der Waals surface area contributed by atoms with Crippen LogP contribution in [0.2, 0.25) is 5.02 Å². The maximum atomic E-state index is 15.5. The van der Waals surface area contributed by atoms with Gasteiger partial charge in [-0.2, -0.15) is 19.0 Å². The van der Waals surface area contributed by atoms with Gasteiger partial charge in [0.2, 0.25) is 15.9 Å². The molecule has 63 heavy (non-hydrogen) atoms. The molecule has 0 radical (unpaired) electrons. The molecule has 0 saturated heterocycles. The Hall–Kier alpha value is -6.42. The number of fused-ring (bicyclic) bond motifs is 5. The van der Waals surface area contributed by atoms with E-state index in [-0.39, 0.29) is 56.1 Å². The van der Waals surface area contributed by atoms with Crippen molar-refractivity contribution in [2.75, 3.05) is 11.0 Å². The number of amides is 1. The number of nitrogens with zero attached hydrogens (tertiary/aromatic N) is 7. The highest BCUT2D eigenvalue weighted by Crippen LogP contribution is 2.68. The third kappa shape index (κ3) is 7.23. The number of carbonyl (C=O) groups excluding carboxylic acids is 1. The summed E-state index contributed by atoms with van der Waals surface area (Å²) >= 11 is 6.58. The van der Waals surface area contributed by atoms with Crippen LogP contribution in [-0.2, 0) is 40.8 Å². The number of aromatic nitrogens is 7. The molecule has 23 heteroatoms. The summed E-state index contributed by atoms with van der Waals surface area (Å²) in [4.78, 5) is 37.9. The van der Waals surface area contributed by atoms with Gasteiger partial charge in [-0.15, -0.1) is 0 Å². The molecule has 0 bridgehead atoms. The standard InChI is InChI=1S/C40H28ClF8N9O4S/c1-56-33-27(9-7-22(41)30(33)37(54-56)55-63(2,61)62)58-38(52-36-19(39(58)60)6-8-25(51-36)31-23(44)4-3-5-24(31)45)26(12-16-10-17(42)13-18(43)11-16)50-28(59)15-57-34-29(32(53-57)35(46)47)20-14-21(20)40(34,48)49/h3-11,13,20-21,26,35H,12,14-15H2,1-2H3,(H,50,59)(H,54,55)/t20-,21+,26-/m0/s1. The van der Waals surface area contributed by atoms with Gasteiger partial charge in [-0.3, -0.25) is 28.2 Å². The smallest absolute Gasteiger partial charge is 0.293 e. The lowest BCUT2D eigenvalue weighted by atomic mass is 10.0. The Bertz CT molecular complexity index is 3230. The molecule has 326 valence electrons. The fraction of sp³-hybridized carbons (Fsp3) is 0.250. The molecule has 1 fully saturated rings. The number of sulfonamides is 1. The van der Waals surface area contributed by atoms with Crippen molar-refractivity contribution in [3.05, 3.63) is 128 Å². The number of benzene rings is 3. The highest BCUT2D eigenvalue weighted by molar-refractivity contribution is 7.92. The largest absolute Gasteiger partial charge is 0.344 e. The van der Waals surface area contributed by atoms with E-state index in [2.05, 4.69) is 30.2 Å². The molecule has 4 aromatic heterocycles. The molecule has 4 heterocycles. The number of hydrogen-bond acceptors (Lipinski definition) is 8. The molecule has 0 aliphatic heterocycles. The van der Waals surface area contributed by atoms with Gasteiger partial charge >= 0.3 is 0 Å². The van der Waals surface area contributed by atoms with Crippen LogP contribution in [0.4, 0.5) is 40.9 Å². The zero-order valence-corrected chi connectivity index (χ0v) is 33.9. The summed E-state index contributed by atoms with van der Waals surface area (Å²) in [6.45, 7) is -1.07. The van der Waals surface area contributed by atoms with Crippen LogP contribution in [0.5, 0.6) is 0 Å². The second-order valence-corrected chi connectivity index (χ2v) is 17.3. The van der Waals surface area contributed by atoms with E-state index in [1.54, 1.807) is 0 Å². The van der Waals surface area contributed by atoms with Crippen LogP contribution >= 0.6 is 11.6 Å². The second kappa shape index (κ2) is 14.9. The Morgan fingerprint density at radius 2 is 1.68 bits per heavy atom. The van der Waals surface area contributed by atoms with Crippen molar-refractivity contribution in [1.29, 1.82) is 0 Å². The minimum atomic E-state index is -3.97. The average molecular weight is 918 g/mol.